The number of rotatable bonds is 4. The Morgan fingerprint density at radius 3 is 2.40 bits per heavy atom. The van der Waals surface area contributed by atoms with Crippen molar-refractivity contribution in [3.05, 3.63) is 65.4 Å². The van der Waals surface area contributed by atoms with Crippen LogP contribution in [-0.2, 0) is 19.8 Å². The zero-order valence-corrected chi connectivity index (χ0v) is 15.6. The first-order chi connectivity index (χ1) is 14.2. The van der Waals surface area contributed by atoms with E-state index in [1.165, 1.54) is 27.1 Å². The normalized spacial score (nSPS) is 11.8. The van der Waals surface area contributed by atoms with Crippen molar-refractivity contribution in [3.63, 3.8) is 0 Å². The Morgan fingerprint density at radius 1 is 1.03 bits per heavy atom. The molecule has 0 radical (unpaired) electrons. The van der Waals surface area contributed by atoms with Gasteiger partial charge in [-0.3, -0.25) is 14.7 Å². The Bertz CT molecular complexity index is 1230. The van der Waals surface area contributed by atoms with Gasteiger partial charge in [-0.2, -0.15) is 33.3 Å². The van der Waals surface area contributed by atoms with Gasteiger partial charge < -0.3 is 0 Å². The van der Waals surface area contributed by atoms with Crippen molar-refractivity contribution in [2.45, 2.75) is 12.7 Å². The van der Waals surface area contributed by atoms with Crippen molar-refractivity contribution in [2.24, 2.45) is 7.05 Å². The van der Waals surface area contributed by atoms with E-state index in [9.17, 15) is 18.0 Å². The average molecular weight is 416 g/mol. The van der Waals surface area contributed by atoms with E-state index in [1.54, 1.807) is 37.4 Å². The summed E-state index contributed by atoms with van der Waals surface area (Å²) in [6.45, 7) is 0.0466. The summed E-state index contributed by atoms with van der Waals surface area (Å²) in [4.78, 5) is 12.8. The van der Waals surface area contributed by atoms with Crippen LogP contribution in [0.1, 0.15) is 21.6 Å². The molecule has 8 nitrogen and oxygen atoms in total. The molecule has 0 spiro atoms. The minimum Gasteiger partial charge on any atom is -0.288 e. The number of halogens is 3. The molecular weight excluding hydrogens is 401 g/mol. The van der Waals surface area contributed by atoms with E-state index in [0.29, 0.717) is 22.2 Å². The molecule has 0 aliphatic heterocycles. The molecule has 0 saturated carbocycles. The second-order valence-corrected chi connectivity index (χ2v) is 6.60. The number of benzene rings is 2. The minimum atomic E-state index is -4.60. The molecule has 4 aromatic rings. The summed E-state index contributed by atoms with van der Waals surface area (Å²) >= 11 is 0. The van der Waals surface area contributed by atoms with Crippen LogP contribution in [0.5, 0.6) is 0 Å². The fourth-order valence-corrected chi connectivity index (χ4v) is 3.09. The van der Waals surface area contributed by atoms with E-state index in [4.69, 9.17) is 5.21 Å². The number of hydrogen-bond donors (Lipinski definition) is 2. The van der Waals surface area contributed by atoms with Gasteiger partial charge in [0.05, 0.1) is 12.2 Å². The van der Waals surface area contributed by atoms with Crippen LogP contribution < -0.4 is 5.48 Å². The number of aryl methyl sites for hydroxylation is 1. The van der Waals surface area contributed by atoms with Gasteiger partial charge in [0.1, 0.15) is 11.0 Å². The van der Waals surface area contributed by atoms with Crippen molar-refractivity contribution < 1.29 is 23.2 Å². The molecule has 0 aliphatic carbocycles. The third-order valence-corrected chi connectivity index (χ3v) is 4.50. The second-order valence-electron chi connectivity index (χ2n) is 6.60. The van der Waals surface area contributed by atoms with Crippen LogP contribution in [0.25, 0.3) is 22.3 Å². The van der Waals surface area contributed by atoms with E-state index in [-0.39, 0.29) is 17.8 Å². The molecule has 0 unspecified atom stereocenters. The molecule has 2 aromatic carbocycles. The zero-order chi connectivity index (χ0) is 21.5. The van der Waals surface area contributed by atoms with Crippen molar-refractivity contribution in [3.8, 4) is 11.3 Å². The standard InChI is InChI=1S/C19H15F3N6O2/c1-27-23-14-7-6-13(8-15(14)24-27)16-9-17(19(20,21)22)25-28(16)10-11-2-4-12(5-3-11)18(29)26-30/h2-9,30H,10H2,1H3,(H,26,29). The predicted octanol–water partition coefficient (Wildman–Crippen LogP) is 3.02. The smallest absolute Gasteiger partial charge is 0.288 e. The Hall–Kier alpha value is -3.73. The highest BCUT2D eigenvalue weighted by molar-refractivity contribution is 5.93. The summed E-state index contributed by atoms with van der Waals surface area (Å²) in [6, 6.07) is 12.1. The SMILES string of the molecule is Cn1nc2ccc(-c3cc(C(F)(F)F)nn3Cc3ccc(C(=O)NO)cc3)cc2n1. The van der Waals surface area contributed by atoms with E-state index < -0.39 is 17.8 Å². The summed E-state index contributed by atoms with van der Waals surface area (Å²) in [5.41, 5.74) is 3.32. The number of carbonyl (C=O) groups excluding carboxylic acids is 1. The van der Waals surface area contributed by atoms with Crippen LogP contribution in [0.15, 0.2) is 48.5 Å². The summed E-state index contributed by atoms with van der Waals surface area (Å²) in [5, 5.41) is 20.8. The number of nitrogens with zero attached hydrogens (tertiary/aromatic N) is 5. The lowest BCUT2D eigenvalue weighted by Crippen LogP contribution is -2.18. The van der Waals surface area contributed by atoms with E-state index >= 15 is 0 Å². The van der Waals surface area contributed by atoms with E-state index in [2.05, 4.69) is 15.3 Å². The molecule has 2 N–H and O–H groups in total. The van der Waals surface area contributed by atoms with Crippen LogP contribution in [0.3, 0.4) is 0 Å². The lowest BCUT2D eigenvalue weighted by Gasteiger charge is -2.09. The predicted molar refractivity (Wildman–Crippen MR) is 99.5 cm³/mol. The highest BCUT2D eigenvalue weighted by atomic mass is 19.4. The van der Waals surface area contributed by atoms with Crippen molar-refractivity contribution >= 4 is 16.9 Å². The highest BCUT2D eigenvalue weighted by Crippen LogP contribution is 2.32. The van der Waals surface area contributed by atoms with E-state index in [0.717, 1.165) is 6.07 Å². The minimum absolute atomic E-state index is 0.0466. The Kier molecular flexibility index (Phi) is 4.74. The Labute approximate surface area is 167 Å². The molecule has 2 heterocycles. The number of amides is 1. The van der Waals surface area contributed by atoms with Gasteiger partial charge >= 0.3 is 6.18 Å². The van der Waals surface area contributed by atoms with E-state index in [1.807, 2.05) is 0 Å². The van der Waals surface area contributed by atoms with Crippen LogP contribution in [0.4, 0.5) is 13.2 Å². The third-order valence-electron chi connectivity index (χ3n) is 4.50. The number of hydrogen-bond acceptors (Lipinski definition) is 5. The average Bonchev–Trinajstić information content (AvgIpc) is 3.29. The maximum Gasteiger partial charge on any atom is 0.435 e. The fourth-order valence-electron chi connectivity index (χ4n) is 3.09. The summed E-state index contributed by atoms with van der Waals surface area (Å²) in [7, 11) is 1.66. The molecular formula is C19H15F3N6O2. The number of hydroxylamine groups is 1. The summed E-state index contributed by atoms with van der Waals surface area (Å²) < 4.78 is 41.2. The highest BCUT2D eigenvalue weighted by Gasteiger charge is 2.35. The molecule has 0 aliphatic rings. The molecule has 1 amide bonds. The molecule has 11 heteroatoms. The molecule has 30 heavy (non-hydrogen) atoms. The van der Waals surface area contributed by atoms with Crippen molar-refractivity contribution in [1.82, 2.24) is 30.3 Å². The second kappa shape index (κ2) is 7.26. The Morgan fingerprint density at radius 2 is 1.73 bits per heavy atom. The van der Waals surface area contributed by atoms with Crippen molar-refractivity contribution in [1.29, 1.82) is 0 Å². The Balaban J connectivity index is 1.74. The lowest BCUT2D eigenvalue weighted by atomic mass is 10.1. The van der Waals surface area contributed by atoms with Gasteiger partial charge in [-0.1, -0.05) is 18.2 Å². The van der Waals surface area contributed by atoms with Gasteiger partial charge in [-0.15, -0.1) is 0 Å². The summed E-state index contributed by atoms with van der Waals surface area (Å²) in [6.07, 6.45) is -4.60. The van der Waals surface area contributed by atoms with Crippen LogP contribution in [-0.4, -0.2) is 35.9 Å². The molecule has 0 atom stereocenters. The van der Waals surface area contributed by atoms with Gasteiger partial charge in [-0.05, 0) is 35.9 Å². The van der Waals surface area contributed by atoms with Gasteiger partial charge in [0.15, 0.2) is 5.69 Å². The maximum atomic E-state index is 13.3. The number of carbonyl (C=O) groups is 1. The summed E-state index contributed by atoms with van der Waals surface area (Å²) in [5.74, 6) is -0.682. The van der Waals surface area contributed by atoms with Crippen LogP contribution >= 0.6 is 0 Å². The van der Waals surface area contributed by atoms with Gasteiger partial charge in [0.2, 0.25) is 0 Å². The zero-order valence-electron chi connectivity index (χ0n) is 15.6. The van der Waals surface area contributed by atoms with Crippen LogP contribution in [0, 0.1) is 0 Å². The maximum absolute atomic E-state index is 13.3. The molecule has 0 fully saturated rings. The number of nitrogens with one attached hydrogen (secondary N) is 1. The number of fused-ring (bicyclic) bond motifs is 1. The fraction of sp³-hybridized carbons (Fsp3) is 0.158. The number of aromatic nitrogens is 5. The van der Waals surface area contributed by atoms with Crippen LogP contribution in [0.2, 0.25) is 0 Å². The number of alkyl halides is 3. The molecule has 0 bridgehead atoms. The first kappa shape index (κ1) is 19.6. The molecule has 2 aromatic heterocycles. The monoisotopic (exact) mass is 416 g/mol. The topological polar surface area (TPSA) is 97.9 Å². The van der Waals surface area contributed by atoms with Gasteiger partial charge in [-0.25, -0.2) is 5.48 Å². The molecule has 4 rings (SSSR count). The van der Waals surface area contributed by atoms with Gasteiger partial charge in [0.25, 0.3) is 5.91 Å². The lowest BCUT2D eigenvalue weighted by molar-refractivity contribution is -0.141. The first-order valence-corrected chi connectivity index (χ1v) is 8.74. The van der Waals surface area contributed by atoms with Gasteiger partial charge in [0, 0.05) is 18.2 Å². The first-order valence-electron chi connectivity index (χ1n) is 8.74. The van der Waals surface area contributed by atoms with Crippen molar-refractivity contribution in [2.75, 3.05) is 0 Å². The quantitative estimate of drug-likeness (QED) is 0.394. The largest absolute Gasteiger partial charge is 0.435 e. The molecule has 154 valence electrons. The molecule has 0 saturated heterocycles. The third kappa shape index (κ3) is 3.74.